The van der Waals surface area contributed by atoms with Gasteiger partial charge in [-0.05, 0) is 24.5 Å². The van der Waals surface area contributed by atoms with Gasteiger partial charge in [-0.3, -0.25) is 19.2 Å². The van der Waals surface area contributed by atoms with Crippen molar-refractivity contribution in [1.29, 1.82) is 0 Å². The summed E-state index contributed by atoms with van der Waals surface area (Å²) < 4.78 is 5.03. The summed E-state index contributed by atoms with van der Waals surface area (Å²) in [6.07, 6.45) is 1.64. The average molecular weight is 389 g/mol. The van der Waals surface area contributed by atoms with Gasteiger partial charge >= 0.3 is 5.97 Å². The fourth-order valence-electron chi connectivity index (χ4n) is 2.98. The Hall–Kier alpha value is -2.90. The molecule has 28 heavy (non-hydrogen) atoms. The van der Waals surface area contributed by atoms with Crippen LogP contribution in [0.4, 0.5) is 5.69 Å². The molecule has 0 radical (unpaired) electrons. The second kappa shape index (κ2) is 10.4. The third-order valence-corrected chi connectivity index (χ3v) is 4.49. The van der Waals surface area contributed by atoms with Gasteiger partial charge in [0.1, 0.15) is 0 Å². The van der Waals surface area contributed by atoms with Gasteiger partial charge in [0, 0.05) is 25.2 Å². The van der Waals surface area contributed by atoms with Gasteiger partial charge in [0.25, 0.3) is 5.91 Å². The van der Waals surface area contributed by atoms with Crippen LogP contribution in [0.25, 0.3) is 0 Å². The maximum Gasteiger partial charge on any atom is 0.311 e. The number of nitrogens with one attached hydrogen (secondary N) is 2. The second-order valence-corrected chi connectivity index (χ2v) is 6.62. The topological polar surface area (TPSA) is 105 Å². The van der Waals surface area contributed by atoms with Crippen molar-refractivity contribution in [2.45, 2.75) is 33.1 Å². The summed E-state index contributed by atoms with van der Waals surface area (Å²) in [5.74, 6) is -2.20. The van der Waals surface area contributed by atoms with Gasteiger partial charge < -0.3 is 20.3 Å². The minimum atomic E-state index is -0.613. The Kier molecular flexibility index (Phi) is 7.98. The van der Waals surface area contributed by atoms with E-state index in [1.165, 1.54) is 0 Å². The smallest absolute Gasteiger partial charge is 0.311 e. The summed E-state index contributed by atoms with van der Waals surface area (Å²) in [6, 6.07) is 7.58. The van der Waals surface area contributed by atoms with E-state index < -0.39 is 24.4 Å². The van der Waals surface area contributed by atoms with Crippen LogP contribution < -0.4 is 15.5 Å². The zero-order valence-corrected chi connectivity index (χ0v) is 16.3. The Bertz CT molecular complexity index is 734. The summed E-state index contributed by atoms with van der Waals surface area (Å²) in [4.78, 5) is 49.4. The molecular formula is C20H27N3O5. The number of hydrogen-bond acceptors (Lipinski definition) is 5. The number of ether oxygens (including phenoxy) is 1. The molecule has 2 rings (SSSR count). The summed E-state index contributed by atoms with van der Waals surface area (Å²) in [5.41, 5.74) is 1.84. The van der Waals surface area contributed by atoms with E-state index in [4.69, 9.17) is 4.74 Å². The molecule has 8 nitrogen and oxygen atoms in total. The number of carbonyl (C=O) groups is 4. The number of para-hydroxylation sites is 1. The van der Waals surface area contributed by atoms with Crippen LogP contribution >= 0.6 is 0 Å². The first-order valence-electron chi connectivity index (χ1n) is 9.54. The van der Waals surface area contributed by atoms with Crippen LogP contribution in [0.5, 0.6) is 0 Å². The van der Waals surface area contributed by atoms with Crippen molar-refractivity contribution in [3.05, 3.63) is 29.8 Å². The molecule has 152 valence electrons. The molecule has 1 aromatic carbocycles. The molecule has 0 bridgehead atoms. The average Bonchev–Trinajstić information content (AvgIpc) is 3.10. The monoisotopic (exact) mass is 389 g/mol. The lowest BCUT2D eigenvalue weighted by molar-refractivity contribution is -0.152. The van der Waals surface area contributed by atoms with Crippen molar-refractivity contribution in [2.75, 3.05) is 31.1 Å². The van der Waals surface area contributed by atoms with Crippen LogP contribution in [0.1, 0.15) is 32.3 Å². The number of benzene rings is 1. The van der Waals surface area contributed by atoms with Gasteiger partial charge in [-0.2, -0.15) is 0 Å². The minimum Gasteiger partial charge on any atom is -0.455 e. The molecule has 3 amide bonds. The third kappa shape index (κ3) is 5.80. The number of carbonyl (C=O) groups excluding carboxylic acids is 4. The Morgan fingerprint density at radius 1 is 1.14 bits per heavy atom. The zero-order valence-electron chi connectivity index (χ0n) is 16.3. The van der Waals surface area contributed by atoms with Crippen molar-refractivity contribution in [2.24, 2.45) is 5.92 Å². The van der Waals surface area contributed by atoms with E-state index in [2.05, 4.69) is 10.6 Å². The lowest BCUT2D eigenvalue weighted by atomic mass is 10.1. The van der Waals surface area contributed by atoms with Gasteiger partial charge in [0.15, 0.2) is 6.61 Å². The molecule has 0 spiro atoms. The van der Waals surface area contributed by atoms with Crippen LogP contribution in [0.15, 0.2) is 24.3 Å². The molecule has 0 unspecified atom stereocenters. The van der Waals surface area contributed by atoms with Crippen molar-refractivity contribution in [1.82, 2.24) is 10.6 Å². The molecule has 1 saturated heterocycles. The number of esters is 1. The van der Waals surface area contributed by atoms with Gasteiger partial charge in [-0.15, -0.1) is 0 Å². The predicted octanol–water partition coefficient (Wildman–Crippen LogP) is 0.788. The van der Waals surface area contributed by atoms with E-state index in [0.29, 0.717) is 6.54 Å². The van der Waals surface area contributed by atoms with Crippen LogP contribution in [-0.2, 0) is 30.3 Å². The first-order valence-corrected chi connectivity index (χ1v) is 9.54. The van der Waals surface area contributed by atoms with Gasteiger partial charge in [-0.25, -0.2) is 0 Å². The highest BCUT2D eigenvalue weighted by atomic mass is 16.5. The van der Waals surface area contributed by atoms with Crippen LogP contribution in [-0.4, -0.2) is 49.9 Å². The number of aryl methyl sites for hydroxylation is 1. The number of rotatable bonds is 9. The lowest BCUT2D eigenvalue weighted by Crippen LogP contribution is -2.39. The Morgan fingerprint density at radius 2 is 1.89 bits per heavy atom. The number of anilines is 1. The van der Waals surface area contributed by atoms with E-state index in [-0.39, 0.29) is 31.3 Å². The fraction of sp³-hybridized carbons (Fsp3) is 0.500. The third-order valence-electron chi connectivity index (χ3n) is 4.49. The van der Waals surface area contributed by atoms with Crippen molar-refractivity contribution < 1.29 is 23.9 Å². The van der Waals surface area contributed by atoms with Crippen molar-refractivity contribution in [3.8, 4) is 0 Å². The summed E-state index contributed by atoms with van der Waals surface area (Å²) in [6.45, 7) is 4.06. The van der Waals surface area contributed by atoms with Gasteiger partial charge in [0.05, 0.1) is 12.5 Å². The predicted molar refractivity (Wildman–Crippen MR) is 104 cm³/mol. The number of hydrogen-bond donors (Lipinski definition) is 2. The Morgan fingerprint density at radius 3 is 2.61 bits per heavy atom. The molecule has 1 atom stereocenters. The highest BCUT2D eigenvalue weighted by Gasteiger charge is 2.36. The zero-order chi connectivity index (χ0) is 20.5. The maximum absolute atomic E-state index is 12.4. The van der Waals surface area contributed by atoms with Gasteiger partial charge in [0.2, 0.25) is 11.8 Å². The van der Waals surface area contributed by atoms with Crippen LogP contribution in [0.2, 0.25) is 0 Å². The molecule has 1 aliphatic heterocycles. The van der Waals surface area contributed by atoms with E-state index in [9.17, 15) is 19.2 Å². The van der Waals surface area contributed by atoms with E-state index in [0.717, 1.165) is 24.1 Å². The normalized spacial score (nSPS) is 16.0. The second-order valence-electron chi connectivity index (χ2n) is 6.62. The van der Waals surface area contributed by atoms with Crippen LogP contribution in [0, 0.1) is 5.92 Å². The standard InChI is InChI=1S/C20H27N3O5/c1-3-9-21-17(24)11-22-18(25)13-28-20(27)15-10-19(26)23(12-15)16-8-6-5-7-14(16)4-2/h5-8,15H,3-4,9-13H2,1-2H3,(H,21,24)(H,22,25)/t15-/m0/s1. The minimum absolute atomic E-state index is 0.0535. The highest BCUT2D eigenvalue weighted by molar-refractivity contribution is 6.00. The largest absolute Gasteiger partial charge is 0.455 e. The lowest BCUT2D eigenvalue weighted by Gasteiger charge is -2.19. The van der Waals surface area contributed by atoms with Crippen molar-refractivity contribution >= 4 is 29.4 Å². The summed E-state index contributed by atoms with van der Waals surface area (Å²) in [5, 5.41) is 5.02. The Balaban J connectivity index is 1.81. The molecule has 1 fully saturated rings. The maximum atomic E-state index is 12.4. The van der Waals surface area contributed by atoms with E-state index >= 15 is 0 Å². The highest BCUT2D eigenvalue weighted by Crippen LogP contribution is 2.28. The molecule has 0 aromatic heterocycles. The summed E-state index contributed by atoms with van der Waals surface area (Å²) in [7, 11) is 0. The van der Waals surface area contributed by atoms with E-state index in [1.54, 1.807) is 4.90 Å². The number of amides is 3. The van der Waals surface area contributed by atoms with Crippen LogP contribution in [0.3, 0.4) is 0 Å². The molecule has 8 heteroatoms. The molecular weight excluding hydrogens is 362 g/mol. The molecule has 0 aliphatic carbocycles. The molecule has 1 heterocycles. The fourth-order valence-corrected chi connectivity index (χ4v) is 2.98. The molecule has 2 N–H and O–H groups in total. The van der Waals surface area contributed by atoms with Gasteiger partial charge in [-0.1, -0.05) is 32.0 Å². The Labute approximate surface area is 164 Å². The number of nitrogens with zero attached hydrogens (tertiary/aromatic N) is 1. The van der Waals surface area contributed by atoms with E-state index in [1.807, 2.05) is 38.1 Å². The summed E-state index contributed by atoms with van der Waals surface area (Å²) >= 11 is 0. The molecule has 1 aromatic rings. The van der Waals surface area contributed by atoms with Crippen molar-refractivity contribution in [3.63, 3.8) is 0 Å². The SMILES string of the molecule is CCCNC(=O)CNC(=O)COC(=O)[C@H]1CC(=O)N(c2ccccc2CC)C1. The molecule has 1 aliphatic rings. The molecule has 0 saturated carbocycles. The first kappa shape index (κ1) is 21.4. The quantitative estimate of drug-likeness (QED) is 0.608. The first-order chi connectivity index (χ1) is 13.5.